The number of carbonyl (C=O) groups is 2. The topological polar surface area (TPSA) is 60.9 Å². The van der Waals surface area contributed by atoms with E-state index in [0.29, 0.717) is 11.6 Å². The summed E-state index contributed by atoms with van der Waals surface area (Å²) in [5.41, 5.74) is 4.49. The minimum absolute atomic E-state index is 0.0415. The number of carbonyl (C=O) groups excluding carboxylic acids is 2. The molecular formula is C23H24N2O3S. The van der Waals surface area contributed by atoms with E-state index >= 15 is 0 Å². The van der Waals surface area contributed by atoms with Crippen molar-refractivity contribution in [1.82, 2.24) is 0 Å². The summed E-state index contributed by atoms with van der Waals surface area (Å²) >= 11 is 1.41. The molecule has 3 heterocycles. The van der Waals surface area contributed by atoms with E-state index in [0.717, 1.165) is 23.2 Å². The highest BCUT2D eigenvalue weighted by Gasteiger charge is 2.64. The highest BCUT2D eigenvalue weighted by molar-refractivity contribution is 8.02. The van der Waals surface area contributed by atoms with Crippen LogP contribution in [0.2, 0.25) is 0 Å². The Hall–Kier alpha value is -2.47. The molecule has 6 heteroatoms. The summed E-state index contributed by atoms with van der Waals surface area (Å²) in [7, 11) is 0. The Morgan fingerprint density at radius 2 is 1.79 bits per heavy atom. The molecule has 2 atom stereocenters. The average molecular weight is 409 g/mol. The monoisotopic (exact) mass is 408 g/mol. The molecule has 1 spiro atoms. The van der Waals surface area contributed by atoms with E-state index < -0.39 is 4.87 Å². The van der Waals surface area contributed by atoms with Gasteiger partial charge in [-0.2, -0.15) is 0 Å². The molecule has 5 rings (SSSR count). The van der Waals surface area contributed by atoms with Crippen LogP contribution in [0.15, 0.2) is 36.4 Å². The normalized spacial score (nSPS) is 27.1. The van der Waals surface area contributed by atoms with Gasteiger partial charge in [-0.05, 0) is 62.9 Å². The smallest absolute Gasteiger partial charge is 0.269 e. The molecule has 5 nitrogen and oxygen atoms in total. The zero-order chi connectivity index (χ0) is 20.7. The Labute approximate surface area is 174 Å². The Kier molecular flexibility index (Phi) is 3.70. The number of fused-ring (bicyclic) bond motifs is 1. The van der Waals surface area contributed by atoms with E-state index in [2.05, 4.69) is 39.8 Å². The summed E-state index contributed by atoms with van der Waals surface area (Å²) in [6.07, 6.45) is 0.878. The largest absolute Gasteiger partial charge is 0.508 e. The Morgan fingerprint density at radius 1 is 1.10 bits per heavy atom. The molecule has 0 radical (unpaired) electrons. The van der Waals surface area contributed by atoms with Gasteiger partial charge < -0.3 is 10.0 Å². The minimum atomic E-state index is -1.09. The van der Waals surface area contributed by atoms with Crippen LogP contribution in [0.25, 0.3) is 0 Å². The number of rotatable bonds is 1. The van der Waals surface area contributed by atoms with Crippen LogP contribution in [0, 0.1) is 6.92 Å². The summed E-state index contributed by atoms with van der Waals surface area (Å²) in [6.45, 7) is 8.49. The third-order valence-corrected chi connectivity index (χ3v) is 7.77. The molecule has 2 aromatic carbocycles. The molecule has 29 heavy (non-hydrogen) atoms. The predicted octanol–water partition coefficient (Wildman–Crippen LogP) is 4.27. The molecule has 0 aromatic heterocycles. The van der Waals surface area contributed by atoms with Crippen molar-refractivity contribution in [1.29, 1.82) is 0 Å². The van der Waals surface area contributed by atoms with Crippen LogP contribution in [0.5, 0.6) is 5.75 Å². The van der Waals surface area contributed by atoms with Crippen LogP contribution >= 0.6 is 11.8 Å². The average Bonchev–Trinajstić information content (AvgIpc) is 3.11. The number of thioether (sulfide) groups is 1. The second kappa shape index (κ2) is 5.79. The first-order chi connectivity index (χ1) is 13.7. The summed E-state index contributed by atoms with van der Waals surface area (Å²) in [5.74, 6) is 0.587. The van der Waals surface area contributed by atoms with E-state index in [9.17, 15) is 14.7 Å². The van der Waals surface area contributed by atoms with E-state index in [1.54, 1.807) is 29.2 Å². The van der Waals surface area contributed by atoms with Crippen molar-refractivity contribution in [3.05, 3.63) is 53.1 Å². The van der Waals surface area contributed by atoms with Crippen molar-refractivity contribution in [2.45, 2.75) is 50.4 Å². The zero-order valence-corrected chi connectivity index (χ0v) is 17.8. The quantitative estimate of drug-likeness (QED) is 0.766. The number of anilines is 2. The van der Waals surface area contributed by atoms with E-state index in [-0.39, 0.29) is 28.9 Å². The molecule has 0 bridgehead atoms. The number of hydrogen-bond donors (Lipinski definition) is 1. The molecule has 3 aliphatic heterocycles. The van der Waals surface area contributed by atoms with Gasteiger partial charge in [-0.15, -0.1) is 11.8 Å². The maximum absolute atomic E-state index is 14.1. The van der Waals surface area contributed by atoms with Gasteiger partial charge in [0.1, 0.15) is 5.75 Å². The van der Waals surface area contributed by atoms with Crippen LogP contribution < -0.4 is 9.80 Å². The van der Waals surface area contributed by atoms with Gasteiger partial charge in [0.2, 0.25) is 10.8 Å². The number of phenolic OH excluding ortho intramolecular Hbond substituents is 1. The molecule has 0 unspecified atom stereocenters. The second-order valence-corrected chi connectivity index (χ2v) is 10.2. The summed E-state index contributed by atoms with van der Waals surface area (Å²) in [4.78, 5) is 29.6. The molecule has 2 aromatic rings. The van der Waals surface area contributed by atoms with Crippen molar-refractivity contribution < 1.29 is 14.7 Å². The number of benzene rings is 2. The standard InChI is InChI=1S/C23H24N2O3S/c1-13-9-17-14(2)11-22(3,4)25-20(17)18(10-13)23(21(25)28)24(19(27)12-29-23)15-5-7-16(26)8-6-15/h5-10,14,26H,11-12H2,1-4H3/t14-,23-/m1/s1. The zero-order valence-electron chi connectivity index (χ0n) is 17.0. The number of aromatic hydroxyl groups is 1. The van der Waals surface area contributed by atoms with Crippen molar-refractivity contribution in [2.24, 2.45) is 0 Å². The van der Waals surface area contributed by atoms with Gasteiger partial charge >= 0.3 is 0 Å². The molecule has 0 saturated carbocycles. The van der Waals surface area contributed by atoms with Crippen molar-refractivity contribution >= 4 is 35.0 Å². The Balaban J connectivity index is 1.81. The number of phenols is 1. The Morgan fingerprint density at radius 3 is 2.48 bits per heavy atom. The molecule has 0 aliphatic carbocycles. The summed E-state index contributed by atoms with van der Waals surface area (Å²) < 4.78 is 0. The molecule has 150 valence electrons. The van der Waals surface area contributed by atoms with Crippen LogP contribution in [-0.4, -0.2) is 28.2 Å². The number of amides is 2. The lowest BCUT2D eigenvalue weighted by atomic mass is 9.80. The van der Waals surface area contributed by atoms with E-state index in [1.165, 1.54) is 17.3 Å². The molecule has 3 aliphatic rings. The van der Waals surface area contributed by atoms with Crippen molar-refractivity contribution in [2.75, 3.05) is 15.6 Å². The van der Waals surface area contributed by atoms with E-state index in [4.69, 9.17) is 0 Å². The fourth-order valence-electron chi connectivity index (χ4n) is 5.34. The predicted molar refractivity (Wildman–Crippen MR) is 116 cm³/mol. The van der Waals surface area contributed by atoms with Crippen LogP contribution in [-0.2, 0) is 14.5 Å². The second-order valence-electron chi connectivity index (χ2n) is 8.99. The van der Waals surface area contributed by atoms with Gasteiger partial charge in [-0.25, -0.2) is 0 Å². The van der Waals surface area contributed by atoms with Crippen LogP contribution in [0.3, 0.4) is 0 Å². The molecule has 1 fully saturated rings. The van der Waals surface area contributed by atoms with Crippen LogP contribution in [0.4, 0.5) is 11.4 Å². The number of nitrogens with zero attached hydrogens (tertiary/aromatic N) is 2. The first-order valence-corrected chi connectivity index (χ1v) is 10.9. The first-order valence-electron chi connectivity index (χ1n) is 9.92. The third kappa shape index (κ3) is 2.29. The van der Waals surface area contributed by atoms with Gasteiger partial charge in [-0.3, -0.25) is 14.5 Å². The lowest BCUT2D eigenvalue weighted by Gasteiger charge is -2.44. The van der Waals surface area contributed by atoms with Gasteiger partial charge in [0.05, 0.1) is 11.4 Å². The summed E-state index contributed by atoms with van der Waals surface area (Å²) in [6, 6.07) is 10.8. The lowest BCUT2D eigenvalue weighted by Crippen LogP contribution is -2.56. The van der Waals surface area contributed by atoms with Crippen molar-refractivity contribution in [3.63, 3.8) is 0 Å². The SMILES string of the molecule is Cc1cc2c3c(c1)[C@@]1(SCC(=O)N1c1ccc(O)cc1)C(=O)N3C(C)(C)C[C@H]2C. The first kappa shape index (κ1) is 18.6. The van der Waals surface area contributed by atoms with Gasteiger partial charge in [0.25, 0.3) is 5.91 Å². The van der Waals surface area contributed by atoms with Gasteiger partial charge in [0.15, 0.2) is 0 Å². The molecule has 2 amide bonds. The maximum atomic E-state index is 14.1. The maximum Gasteiger partial charge on any atom is 0.269 e. The fraction of sp³-hybridized carbons (Fsp3) is 0.391. The summed E-state index contributed by atoms with van der Waals surface area (Å²) in [5, 5.41) is 9.71. The number of hydrogen-bond acceptors (Lipinski definition) is 4. The number of aryl methyl sites for hydroxylation is 1. The highest BCUT2D eigenvalue weighted by Crippen LogP contribution is 2.61. The minimum Gasteiger partial charge on any atom is -0.508 e. The van der Waals surface area contributed by atoms with Crippen LogP contribution in [0.1, 0.15) is 49.8 Å². The van der Waals surface area contributed by atoms with Gasteiger partial charge in [0, 0.05) is 16.8 Å². The third-order valence-electron chi connectivity index (χ3n) is 6.38. The van der Waals surface area contributed by atoms with E-state index in [1.807, 2.05) is 4.90 Å². The van der Waals surface area contributed by atoms with Crippen molar-refractivity contribution in [3.8, 4) is 5.75 Å². The fourth-order valence-corrected chi connectivity index (χ4v) is 6.66. The highest BCUT2D eigenvalue weighted by atomic mass is 32.2. The molecular weight excluding hydrogens is 384 g/mol. The lowest BCUT2D eigenvalue weighted by molar-refractivity contribution is -0.124. The molecule has 1 saturated heterocycles. The molecule has 1 N–H and O–H groups in total. The van der Waals surface area contributed by atoms with Gasteiger partial charge in [-0.1, -0.05) is 24.6 Å². The Bertz CT molecular complexity index is 1060.